The summed E-state index contributed by atoms with van der Waals surface area (Å²) in [7, 11) is 0. The van der Waals surface area contributed by atoms with Gasteiger partial charge in [-0.1, -0.05) is 41.5 Å². The second-order valence-corrected chi connectivity index (χ2v) is 7.07. The minimum absolute atomic E-state index is 0.00833. The maximum absolute atomic E-state index is 12.3. The molecule has 0 bridgehead atoms. The summed E-state index contributed by atoms with van der Waals surface area (Å²) in [4.78, 5) is 46.1. The molecule has 0 saturated heterocycles. The zero-order chi connectivity index (χ0) is 20.3. The molecular weight excluding hydrogens is 322 g/mol. The fourth-order valence-corrected chi connectivity index (χ4v) is 2.36. The van der Waals surface area contributed by atoms with E-state index >= 15 is 0 Å². The third-order valence-electron chi connectivity index (χ3n) is 3.40. The fourth-order valence-electron chi connectivity index (χ4n) is 2.36. The van der Waals surface area contributed by atoms with E-state index in [4.69, 9.17) is 0 Å². The molecule has 0 heterocycles. The van der Waals surface area contributed by atoms with Crippen LogP contribution in [0.2, 0.25) is 0 Å². The highest BCUT2D eigenvalue weighted by Crippen LogP contribution is 2.34. The first-order valence-electron chi connectivity index (χ1n) is 8.69. The van der Waals surface area contributed by atoms with Crippen molar-refractivity contribution < 1.29 is 19.2 Å². The molecule has 0 saturated carbocycles. The smallest absolute Gasteiger partial charge is 0.226 e. The lowest BCUT2D eigenvalue weighted by Crippen LogP contribution is -2.46. The van der Waals surface area contributed by atoms with E-state index in [1.807, 2.05) is 13.8 Å². The second-order valence-electron chi connectivity index (χ2n) is 7.07. The summed E-state index contributed by atoms with van der Waals surface area (Å²) in [6, 6.07) is 0. The number of carbonyl (C=O) groups excluding carboxylic acids is 4. The molecule has 3 N–H and O–H groups in total. The Hall–Kier alpha value is -1.92. The Labute approximate surface area is 151 Å². The minimum atomic E-state index is -0.784. The number of amides is 3. The molecular formula is C18H35N3O4. The molecule has 0 spiro atoms. The molecule has 7 heteroatoms. The van der Waals surface area contributed by atoms with Gasteiger partial charge in [-0.25, -0.2) is 0 Å². The van der Waals surface area contributed by atoms with E-state index in [2.05, 4.69) is 16.0 Å². The number of rotatable bonds is 9. The minimum Gasteiger partial charge on any atom is -0.355 e. The predicted molar refractivity (Wildman–Crippen MR) is 98.9 cm³/mol. The SMILES string of the molecule is CC.CC(=O)CNC(=O)C(C)(C)CC(C)(C)C(=O)NCCNC(C)=O. The highest BCUT2D eigenvalue weighted by Gasteiger charge is 2.38. The lowest BCUT2D eigenvalue weighted by molar-refractivity contribution is -0.136. The normalized spacial score (nSPS) is 10.9. The zero-order valence-corrected chi connectivity index (χ0v) is 17.0. The van der Waals surface area contributed by atoms with Crippen molar-refractivity contribution in [2.24, 2.45) is 10.8 Å². The highest BCUT2D eigenvalue weighted by molar-refractivity contribution is 5.88. The van der Waals surface area contributed by atoms with Gasteiger partial charge in [0.05, 0.1) is 6.54 Å². The average molecular weight is 357 g/mol. The van der Waals surface area contributed by atoms with Crippen LogP contribution in [0, 0.1) is 10.8 Å². The quantitative estimate of drug-likeness (QED) is 0.543. The maximum atomic E-state index is 12.3. The molecule has 146 valence electrons. The van der Waals surface area contributed by atoms with E-state index in [0.29, 0.717) is 19.5 Å². The van der Waals surface area contributed by atoms with Crippen LogP contribution in [0.15, 0.2) is 0 Å². The van der Waals surface area contributed by atoms with Crippen LogP contribution in [0.1, 0.15) is 61.8 Å². The molecule has 0 aromatic carbocycles. The average Bonchev–Trinajstić information content (AvgIpc) is 2.49. The van der Waals surface area contributed by atoms with E-state index < -0.39 is 10.8 Å². The summed E-state index contributed by atoms with van der Waals surface area (Å²) in [5.41, 5.74) is -1.54. The third kappa shape index (κ3) is 11.3. The van der Waals surface area contributed by atoms with Crippen molar-refractivity contribution in [3.05, 3.63) is 0 Å². The van der Waals surface area contributed by atoms with E-state index in [1.165, 1.54) is 13.8 Å². The number of ketones is 1. The fraction of sp³-hybridized carbons (Fsp3) is 0.778. The van der Waals surface area contributed by atoms with Crippen molar-refractivity contribution in [2.75, 3.05) is 19.6 Å². The topological polar surface area (TPSA) is 104 Å². The van der Waals surface area contributed by atoms with E-state index in [9.17, 15) is 19.2 Å². The van der Waals surface area contributed by atoms with Gasteiger partial charge in [-0.15, -0.1) is 0 Å². The van der Waals surface area contributed by atoms with Crippen LogP contribution < -0.4 is 16.0 Å². The Kier molecular flexibility index (Phi) is 11.8. The summed E-state index contributed by atoms with van der Waals surface area (Å²) in [5.74, 6) is -0.715. The van der Waals surface area contributed by atoms with Gasteiger partial charge in [0.2, 0.25) is 17.7 Å². The molecule has 0 aliphatic heterocycles. The number of nitrogens with one attached hydrogen (secondary N) is 3. The van der Waals surface area contributed by atoms with Crippen molar-refractivity contribution in [1.82, 2.24) is 16.0 Å². The van der Waals surface area contributed by atoms with Crippen LogP contribution in [-0.4, -0.2) is 43.1 Å². The van der Waals surface area contributed by atoms with Gasteiger partial charge in [0.1, 0.15) is 5.78 Å². The summed E-state index contributed by atoms with van der Waals surface area (Å²) >= 11 is 0. The van der Waals surface area contributed by atoms with Gasteiger partial charge in [0.15, 0.2) is 0 Å². The van der Waals surface area contributed by atoms with Gasteiger partial charge in [-0.2, -0.15) is 0 Å². The molecule has 0 fully saturated rings. The Bertz CT molecular complexity index is 471. The van der Waals surface area contributed by atoms with Gasteiger partial charge < -0.3 is 16.0 Å². The standard InChI is InChI=1S/C16H29N3O4.C2H6/c1-11(20)9-19-14(23)16(5,6)10-15(3,4)13(22)18-8-7-17-12(2)21;1-2/h7-10H2,1-6H3,(H,17,21)(H,18,22)(H,19,23);1-2H3. The van der Waals surface area contributed by atoms with Crippen LogP contribution in [0.4, 0.5) is 0 Å². The lowest BCUT2D eigenvalue weighted by Gasteiger charge is -2.33. The number of hydrogen-bond acceptors (Lipinski definition) is 4. The molecule has 0 aliphatic rings. The summed E-state index contributed by atoms with van der Waals surface area (Å²) in [6.07, 6.45) is 0.329. The molecule has 7 nitrogen and oxygen atoms in total. The molecule has 3 amide bonds. The summed E-state index contributed by atoms with van der Waals surface area (Å²) in [6.45, 7) is 14.5. The molecule has 0 atom stereocenters. The van der Waals surface area contributed by atoms with Crippen molar-refractivity contribution in [3.63, 3.8) is 0 Å². The van der Waals surface area contributed by atoms with Gasteiger partial charge in [-0.05, 0) is 13.3 Å². The molecule has 0 aromatic heterocycles. The van der Waals surface area contributed by atoms with Crippen molar-refractivity contribution >= 4 is 23.5 Å². The third-order valence-corrected chi connectivity index (χ3v) is 3.40. The summed E-state index contributed by atoms with van der Waals surface area (Å²) < 4.78 is 0. The van der Waals surface area contributed by atoms with Gasteiger partial charge in [0.25, 0.3) is 0 Å². The molecule has 0 aromatic rings. The lowest BCUT2D eigenvalue weighted by atomic mass is 9.74. The molecule has 0 unspecified atom stereocenters. The zero-order valence-electron chi connectivity index (χ0n) is 17.0. The number of Topliss-reactive ketones (excluding diaryl/α,β-unsaturated/α-hetero) is 1. The van der Waals surface area contributed by atoms with E-state index in [0.717, 1.165) is 0 Å². The molecule has 0 radical (unpaired) electrons. The first-order valence-corrected chi connectivity index (χ1v) is 8.69. The number of hydrogen-bond donors (Lipinski definition) is 3. The molecule has 25 heavy (non-hydrogen) atoms. The van der Waals surface area contributed by atoms with Crippen LogP contribution in [0.3, 0.4) is 0 Å². The van der Waals surface area contributed by atoms with Gasteiger partial charge in [-0.3, -0.25) is 19.2 Å². The Morgan fingerprint density at radius 1 is 0.720 bits per heavy atom. The molecule has 0 rings (SSSR count). The number of carbonyl (C=O) groups is 4. The van der Waals surface area contributed by atoms with Crippen LogP contribution >= 0.6 is 0 Å². The molecule has 0 aliphatic carbocycles. The summed E-state index contributed by atoms with van der Waals surface area (Å²) in [5, 5.41) is 7.93. The largest absolute Gasteiger partial charge is 0.355 e. The van der Waals surface area contributed by atoms with Crippen molar-refractivity contribution in [2.45, 2.75) is 61.8 Å². The second kappa shape index (κ2) is 11.6. The first-order chi connectivity index (χ1) is 11.4. The van der Waals surface area contributed by atoms with Gasteiger partial charge >= 0.3 is 0 Å². The predicted octanol–water partition coefficient (Wildman–Crippen LogP) is 1.41. The maximum Gasteiger partial charge on any atom is 0.226 e. The van der Waals surface area contributed by atoms with E-state index in [1.54, 1.807) is 27.7 Å². The monoisotopic (exact) mass is 357 g/mol. The highest BCUT2D eigenvalue weighted by atomic mass is 16.2. The Morgan fingerprint density at radius 2 is 1.12 bits per heavy atom. The Morgan fingerprint density at radius 3 is 1.52 bits per heavy atom. The van der Waals surface area contributed by atoms with Crippen molar-refractivity contribution in [3.8, 4) is 0 Å². The van der Waals surface area contributed by atoms with Crippen LogP contribution in [0.5, 0.6) is 0 Å². The van der Waals surface area contributed by atoms with Crippen molar-refractivity contribution in [1.29, 1.82) is 0 Å². The van der Waals surface area contributed by atoms with E-state index in [-0.39, 0.29) is 30.0 Å². The Balaban J connectivity index is 0. The first kappa shape index (κ1) is 25.3. The van der Waals surface area contributed by atoms with Crippen LogP contribution in [-0.2, 0) is 19.2 Å². The van der Waals surface area contributed by atoms with Gasteiger partial charge in [0, 0.05) is 30.8 Å². The van der Waals surface area contributed by atoms with Crippen LogP contribution in [0.25, 0.3) is 0 Å².